The average molecular weight is 375 g/mol. The second-order valence-electron chi connectivity index (χ2n) is 7.29. The van der Waals surface area contributed by atoms with E-state index in [1.54, 1.807) is 24.7 Å². The van der Waals surface area contributed by atoms with Crippen LogP contribution in [0.3, 0.4) is 0 Å². The normalized spacial score (nSPS) is 31.0. The Hall–Kier alpha value is -2.35. The molecule has 4 atom stereocenters. The van der Waals surface area contributed by atoms with Gasteiger partial charge < -0.3 is 10.1 Å². The van der Waals surface area contributed by atoms with Crippen LogP contribution in [0.25, 0.3) is 0 Å². The van der Waals surface area contributed by atoms with Crippen LogP contribution in [-0.4, -0.2) is 43.3 Å². The minimum Gasteiger partial charge on any atom is -0.371 e. The maximum absolute atomic E-state index is 14.4. The Kier molecular flexibility index (Phi) is 4.90. The Morgan fingerprint density at radius 3 is 2.89 bits per heavy atom. The van der Waals surface area contributed by atoms with Crippen LogP contribution < -0.4 is 10.7 Å². The van der Waals surface area contributed by atoms with Gasteiger partial charge >= 0.3 is 0 Å². The molecule has 27 heavy (non-hydrogen) atoms. The van der Waals surface area contributed by atoms with Crippen molar-refractivity contribution in [3.63, 3.8) is 0 Å². The zero-order valence-corrected chi connectivity index (χ0v) is 15.1. The first kappa shape index (κ1) is 18.0. The number of hydrogen-bond donors (Lipinski definition) is 2. The van der Waals surface area contributed by atoms with Crippen molar-refractivity contribution in [3.8, 4) is 0 Å². The van der Waals surface area contributed by atoms with Gasteiger partial charge in [0.2, 0.25) is 0 Å². The highest BCUT2D eigenvalue weighted by atomic mass is 19.3. The molecular weight excluding hydrogens is 352 g/mol. The molecule has 2 N–H and O–H groups in total. The Bertz CT molecular complexity index is 762. The fraction of sp³-hybridized carbons (Fsp3) is 0.526. The summed E-state index contributed by atoms with van der Waals surface area (Å²) in [5, 5.41) is 7.12. The number of aliphatic imine (C=N–C) groups is 2. The van der Waals surface area contributed by atoms with Crippen molar-refractivity contribution in [2.24, 2.45) is 21.0 Å². The summed E-state index contributed by atoms with van der Waals surface area (Å²) >= 11 is 0. The van der Waals surface area contributed by atoms with Crippen molar-refractivity contribution in [1.82, 2.24) is 10.7 Å². The number of rotatable bonds is 5. The molecular formula is C19H23F2N5O. The first-order valence-electron chi connectivity index (χ1n) is 9.22. The molecule has 3 aliphatic rings. The molecule has 4 rings (SSSR count). The fourth-order valence-electron chi connectivity index (χ4n) is 3.60. The lowest BCUT2D eigenvalue weighted by molar-refractivity contribution is -0.103. The molecule has 1 saturated carbocycles. The van der Waals surface area contributed by atoms with Crippen LogP contribution in [-0.2, 0) is 10.7 Å². The van der Waals surface area contributed by atoms with Crippen molar-refractivity contribution in [2.45, 2.75) is 50.4 Å². The Morgan fingerprint density at radius 2 is 2.07 bits per heavy atom. The molecule has 144 valence electrons. The molecule has 0 saturated heterocycles. The van der Waals surface area contributed by atoms with Crippen LogP contribution in [0.4, 0.5) is 8.78 Å². The summed E-state index contributed by atoms with van der Waals surface area (Å²) in [5.41, 5.74) is 3.87. The molecule has 2 unspecified atom stereocenters. The molecule has 0 radical (unpaired) electrons. The van der Waals surface area contributed by atoms with Gasteiger partial charge in [0.15, 0.2) is 6.17 Å². The highest BCUT2D eigenvalue weighted by Crippen LogP contribution is 2.32. The number of hydrogen-bond acceptors (Lipinski definition) is 5. The zero-order chi connectivity index (χ0) is 18.9. The van der Waals surface area contributed by atoms with Crippen molar-refractivity contribution in [3.05, 3.63) is 35.4 Å². The highest BCUT2D eigenvalue weighted by Gasteiger charge is 2.36. The van der Waals surface area contributed by atoms with E-state index in [2.05, 4.69) is 20.8 Å². The number of fused-ring (bicyclic) bond motifs is 1. The molecule has 2 heterocycles. The van der Waals surface area contributed by atoms with Gasteiger partial charge in [-0.15, -0.1) is 0 Å². The van der Waals surface area contributed by atoms with Gasteiger partial charge in [0.1, 0.15) is 12.4 Å². The Labute approximate surface area is 156 Å². The summed E-state index contributed by atoms with van der Waals surface area (Å²) in [5.74, 6) is -2.17. The minimum absolute atomic E-state index is 0.000777. The average Bonchev–Trinajstić information content (AvgIpc) is 3.30. The summed E-state index contributed by atoms with van der Waals surface area (Å²) in [6, 6.07) is 6.38. The van der Waals surface area contributed by atoms with E-state index in [1.165, 1.54) is 12.1 Å². The molecule has 0 bridgehead atoms. The maximum Gasteiger partial charge on any atom is 0.296 e. The van der Waals surface area contributed by atoms with Gasteiger partial charge in [-0.25, -0.2) is 4.99 Å². The third-order valence-electron chi connectivity index (χ3n) is 5.20. The minimum atomic E-state index is -2.99. The molecule has 0 aromatic heterocycles. The van der Waals surface area contributed by atoms with Gasteiger partial charge in [0.05, 0.1) is 24.4 Å². The summed E-state index contributed by atoms with van der Waals surface area (Å²) in [6.45, 7) is 1.28. The number of alkyl halides is 2. The number of benzene rings is 1. The first-order chi connectivity index (χ1) is 13.0. The zero-order valence-electron chi connectivity index (χ0n) is 15.1. The van der Waals surface area contributed by atoms with Gasteiger partial charge in [-0.1, -0.05) is 29.8 Å². The van der Waals surface area contributed by atoms with Crippen LogP contribution in [0.2, 0.25) is 0 Å². The van der Waals surface area contributed by atoms with Crippen LogP contribution in [0, 0.1) is 12.8 Å². The smallest absolute Gasteiger partial charge is 0.296 e. The molecule has 0 amide bonds. The van der Waals surface area contributed by atoms with Gasteiger partial charge in [0, 0.05) is 11.8 Å². The second-order valence-corrected chi connectivity index (χ2v) is 7.29. The van der Waals surface area contributed by atoms with E-state index in [1.807, 2.05) is 6.92 Å². The summed E-state index contributed by atoms with van der Waals surface area (Å²) in [6.07, 6.45) is 5.31. The van der Waals surface area contributed by atoms with E-state index in [4.69, 9.17) is 9.73 Å². The van der Waals surface area contributed by atoms with E-state index in [0.717, 1.165) is 24.2 Å². The number of halogens is 2. The van der Waals surface area contributed by atoms with Gasteiger partial charge in [0.25, 0.3) is 5.92 Å². The highest BCUT2D eigenvalue weighted by molar-refractivity contribution is 6.05. The number of amidine groups is 1. The van der Waals surface area contributed by atoms with Crippen molar-refractivity contribution < 1.29 is 13.5 Å². The number of hydrazone groups is 1. The quantitative estimate of drug-likeness (QED) is 0.831. The molecule has 8 heteroatoms. The largest absolute Gasteiger partial charge is 0.371 e. The van der Waals surface area contributed by atoms with Crippen LogP contribution >= 0.6 is 0 Å². The molecule has 1 aromatic carbocycles. The van der Waals surface area contributed by atoms with Crippen molar-refractivity contribution >= 4 is 18.4 Å². The third kappa shape index (κ3) is 4.00. The Morgan fingerprint density at radius 1 is 1.26 bits per heavy atom. The molecule has 0 spiro atoms. The van der Waals surface area contributed by atoms with Gasteiger partial charge in [-0.2, -0.15) is 13.9 Å². The number of nitrogens with zero attached hydrogens (tertiary/aromatic N) is 3. The van der Waals surface area contributed by atoms with Crippen molar-refractivity contribution in [2.75, 3.05) is 6.61 Å². The summed E-state index contributed by atoms with van der Waals surface area (Å²) < 4.78 is 34.3. The fourth-order valence-corrected chi connectivity index (χ4v) is 3.60. The SMILES string of the molecule is Cc1ccc(C(F)(F)CO[C@H]2CC[C@H](N=C3NC=NC4NN=CC34)C2)cc1. The number of ether oxygens (including phenoxy) is 1. The van der Waals surface area contributed by atoms with E-state index >= 15 is 0 Å². The third-order valence-corrected chi connectivity index (χ3v) is 5.20. The first-order valence-corrected chi connectivity index (χ1v) is 9.22. The Balaban J connectivity index is 1.32. The number of nitrogens with one attached hydrogen (secondary N) is 2. The predicted octanol–water partition coefficient (Wildman–Crippen LogP) is 2.59. The lowest BCUT2D eigenvalue weighted by Gasteiger charge is -2.22. The molecule has 2 aliphatic heterocycles. The predicted molar refractivity (Wildman–Crippen MR) is 100 cm³/mol. The number of aryl methyl sites for hydroxylation is 1. The molecule has 1 fully saturated rings. The maximum atomic E-state index is 14.4. The van der Waals surface area contributed by atoms with E-state index in [0.29, 0.717) is 6.42 Å². The van der Waals surface area contributed by atoms with E-state index in [-0.39, 0.29) is 29.8 Å². The summed E-state index contributed by atoms with van der Waals surface area (Å²) in [4.78, 5) is 9.02. The topological polar surface area (TPSA) is 70.4 Å². The monoisotopic (exact) mass is 375 g/mol. The van der Waals surface area contributed by atoms with Crippen LogP contribution in [0.5, 0.6) is 0 Å². The summed E-state index contributed by atoms with van der Waals surface area (Å²) in [7, 11) is 0. The standard InChI is InChI=1S/C19H23F2N5O/c1-12-2-4-13(5-3-12)19(20,21)10-27-15-7-6-14(8-15)25-17-16-9-24-26-18(16)23-11-22-17/h2-5,9,11,14-16,18,26H,6-8,10H2,1H3,(H,22,23,25)/t14-,15-,16?,18?/m0/s1. The van der Waals surface area contributed by atoms with E-state index < -0.39 is 12.5 Å². The van der Waals surface area contributed by atoms with Crippen LogP contribution in [0.1, 0.15) is 30.4 Å². The van der Waals surface area contributed by atoms with E-state index in [9.17, 15) is 8.78 Å². The van der Waals surface area contributed by atoms with Gasteiger partial charge in [-0.05, 0) is 26.2 Å². The van der Waals surface area contributed by atoms with Gasteiger partial charge in [-0.3, -0.25) is 10.4 Å². The molecule has 6 nitrogen and oxygen atoms in total. The lowest BCUT2D eigenvalue weighted by Crippen LogP contribution is -2.44. The van der Waals surface area contributed by atoms with Crippen LogP contribution in [0.15, 0.2) is 39.4 Å². The van der Waals surface area contributed by atoms with Crippen molar-refractivity contribution in [1.29, 1.82) is 0 Å². The second kappa shape index (κ2) is 7.34. The molecule has 1 aromatic rings. The lowest BCUT2D eigenvalue weighted by atomic mass is 10.1. The molecule has 1 aliphatic carbocycles.